The van der Waals surface area contributed by atoms with Crippen molar-refractivity contribution in [2.24, 2.45) is 12.2 Å². The van der Waals surface area contributed by atoms with Gasteiger partial charge >= 0.3 is 0 Å². The number of aromatic nitrogens is 1. The molecule has 0 aliphatic heterocycles. The maximum absolute atomic E-state index is 12.6. The molecule has 0 atom stereocenters. The second-order valence-electron chi connectivity index (χ2n) is 5.94. The van der Waals surface area contributed by atoms with Crippen molar-refractivity contribution in [3.05, 3.63) is 88.2 Å². The molecule has 0 saturated carbocycles. The predicted molar refractivity (Wildman–Crippen MR) is 101 cm³/mol. The minimum absolute atomic E-state index is 0.0296. The van der Waals surface area contributed by atoms with E-state index in [1.807, 2.05) is 35.9 Å². The van der Waals surface area contributed by atoms with E-state index in [2.05, 4.69) is 0 Å². The van der Waals surface area contributed by atoms with Crippen LogP contribution in [0.4, 0.5) is 0 Å². The van der Waals surface area contributed by atoms with Crippen LogP contribution < -0.4 is 5.14 Å². The zero-order valence-corrected chi connectivity index (χ0v) is 15.6. The number of hydrogen-bond acceptors (Lipinski definition) is 3. The zero-order valence-electron chi connectivity index (χ0n) is 14.0. The lowest BCUT2D eigenvalue weighted by Gasteiger charge is -2.09. The standard InChI is InChI=1S/C19H17ClN2O3S/c1-22-15(8-10-18(22)19(23)13-5-3-2-4-6-13)11-14-7-9-16(12-17(14)20)26(21,24)25/h2-10,12H,11H2,1H3,(H2,21,24,25). The van der Waals surface area contributed by atoms with Gasteiger partial charge in [0.1, 0.15) is 0 Å². The summed E-state index contributed by atoms with van der Waals surface area (Å²) in [4.78, 5) is 12.6. The summed E-state index contributed by atoms with van der Waals surface area (Å²) in [6, 6.07) is 17.1. The van der Waals surface area contributed by atoms with E-state index in [-0.39, 0.29) is 10.7 Å². The average molecular weight is 389 g/mol. The molecular formula is C19H17ClN2O3S. The third-order valence-electron chi connectivity index (χ3n) is 4.22. The molecule has 2 aromatic carbocycles. The van der Waals surface area contributed by atoms with E-state index >= 15 is 0 Å². The fourth-order valence-electron chi connectivity index (χ4n) is 2.74. The second-order valence-corrected chi connectivity index (χ2v) is 7.91. The van der Waals surface area contributed by atoms with Crippen molar-refractivity contribution in [1.29, 1.82) is 0 Å². The molecule has 134 valence electrons. The normalized spacial score (nSPS) is 11.5. The van der Waals surface area contributed by atoms with Crippen LogP contribution in [0.2, 0.25) is 5.02 Å². The molecule has 0 fully saturated rings. The lowest BCUT2D eigenvalue weighted by atomic mass is 10.1. The first-order valence-electron chi connectivity index (χ1n) is 7.83. The number of carbonyl (C=O) groups excluding carboxylic acids is 1. The van der Waals surface area contributed by atoms with Crippen LogP contribution in [0.1, 0.15) is 27.3 Å². The third-order valence-corrected chi connectivity index (χ3v) is 5.48. The summed E-state index contributed by atoms with van der Waals surface area (Å²) in [6.07, 6.45) is 0.461. The largest absolute Gasteiger partial charge is 0.345 e. The highest BCUT2D eigenvalue weighted by atomic mass is 35.5. The van der Waals surface area contributed by atoms with Gasteiger partial charge in [-0.15, -0.1) is 0 Å². The van der Waals surface area contributed by atoms with Gasteiger partial charge in [-0.05, 0) is 29.8 Å². The number of rotatable bonds is 5. The van der Waals surface area contributed by atoms with Gasteiger partial charge in [-0.25, -0.2) is 13.6 Å². The van der Waals surface area contributed by atoms with Crippen molar-refractivity contribution in [2.75, 3.05) is 0 Å². The molecule has 0 unspecified atom stereocenters. The van der Waals surface area contributed by atoms with Crippen LogP contribution in [0.15, 0.2) is 65.6 Å². The topological polar surface area (TPSA) is 82.2 Å². The van der Waals surface area contributed by atoms with Gasteiger partial charge in [-0.2, -0.15) is 0 Å². The number of halogens is 1. The number of ketones is 1. The Balaban J connectivity index is 1.89. The summed E-state index contributed by atoms with van der Waals surface area (Å²) in [6.45, 7) is 0. The maximum atomic E-state index is 12.6. The van der Waals surface area contributed by atoms with Crippen LogP contribution in [-0.2, 0) is 23.5 Å². The molecule has 5 nitrogen and oxygen atoms in total. The monoisotopic (exact) mass is 388 g/mol. The highest BCUT2D eigenvalue weighted by Crippen LogP contribution is 2.24. The van der Waals surface area contributed by atoms with Crippen molar-refractivity contribution in [3.63, 3.8) is 0 Å². The molecule has 7 heteroatoms. The number of benzene rings is 2. The SMILES string of the molecule is Cn1c(Cc2ccc(S(N)(=O)=O)cc2Cl)ccc1C(=O)c1ccccc1. The number of carbonyl (C=O) groups is 1. The summed E-state index contributed by atoms with van der Waals surface area (Å²) >= 11 is 6.21. The molecule has 26 heavy (non-hydrogen) atoms. The smallest absolute Gasteiger partial charge is 0.238 e. The van der Waals surface area contributed by atoms with Crippen molar-refractivity contribution in [1.82, 2.24) is 4.57 Å². The van der Waals surface area contributed by atoms with E-state index in [0.29, 0.717) is 22.7 Å². The fraction of sp³-hybridized carbons (Fsp3) is 0.105. The molecule has 0 aliphatic carbocycles. The van der Waals surface area contributed by atoms with Crippen LogP contribution >= 0.6 is 11.6 Å². The van der Waals surface area contributed by atoms with Gasteiger partial charge in [0.25, 0.3) is 0 Å². The Morgan fingerprint density at radius 3 is 2.38 bits per heavy atom. The van der Waals surface area contributed by atoms with Crippen molar-refractivity contribution in [2.45, 2.75) is 11.3 Å². The summed E-state index contributed by atoms with van der Waals surface area (Å²) in [5.74, 6) is -0.0602. The van der Waals surface area contributed by atoms with Gasteiger partial charge in [0.2, 0.25) is 15.8 Å². The lowest BCUT2D eigenvalue weighted by molar-refractivity contribution is 0.103. The molecule has 3 aromatic rings. The van der Waals surface area contributed by atoms with E-state index in [4.69, 9.17) is 16.7 Å². The van der Waals surface area contributed by atoms with E-state index in [9.17, 15) is 13.2 Å². The highest BCUT2D eigenvalue weighted by molar-refractivity contribution is 7.89. The fourth-order valence-corrected chi connectivity index (χ4v) is 3.59. The minimum Gasteiger partial charge on any atom is -0.345 e. The highest BCUT2D eigenvalue weighted by Gasteiger charge is 2.16. The molecule has 2 N–H and O–H groups in total. The molecule has 3 rings (SSSR count). The molecule has 0 aliphatic rings. The Morgan fingerprint density at radius 2 is 1.77 bits per heavy atom. The summed E-state index contributed by atoms with van der Waals surface area (Å²) in [7, 11) is -1.98. The third kappa shape index (κ3) is 3.72. The molecule has 1 heterocycles. The first-order chi connectivity index (χ1) is 12.3. The molecule has 0 bridgehead atoms. The Labute approximate surface area is 157 Å². The van der Waals surface area contributed by atoms with E-state index in [1.54, 1.807) is 24.3 Å². The van der Waals surface area contributed by atoms with Crippen molar-refractivity contribution >= 4 is 27.4 Å². The molecule has 0 spiro atoms. The molecule has 0 saturated heterocycles. The van der Waals surface area contributed by atoms with Gasteiger partial charge in [-0.3, -0.25) is 4.79 Å². The first kappa shape index (κ1) is 18.4. The Hall–Kier alpha value is -2.41. The van der Waals surface area contributed by atoms with E-state index < -0.39 is 10.0 Å². The zero-order chi connectivity index (χ0) is 18.9. The average Bonchev–Trinajstić information content (AvgIpc) is 2.96. The van der Waals surface area contributed by atoms with Gasteiger partial charge in [-0.1, -0.05) is 48.0 Å². The molecular weight excluding hydrogens is 372 g/mol. The summed E-state index contributed by atoms with van der Waals surface area (Å²) < 4.78 is 24.6. The van der Waals surface area contributed by atoms with Crippen LogP contribution in [0.3, 0.4) is 0 Å². The summed E-state index contributed by atoms with van der Waals surface area (Å²) in [5.41, 5.74) is 2.83. The minimum atomic E-state index is -3.80. The van der Waals surface area contributed by atoms with Crippen LogP contribution in [0.25, 0.3) is 0 Å². The molecule has 0 amide bonds. The second kappa shape index (κ2) is 7.07. The molecule has 1 aromatic heterocycles. The molecule has 0 radical (unpaired) electrons. The quantitative estimate of drug-likeness (QED) is 0.681. The lowest BCUT2D eigenvalue weighted by Crippen LogP contribution is -2.12. The number of primary sulfonamides is 1. The van der Waals surface area contributed by atoms with Gasteiger partial charge < -0.3 is 4.57 Å². The van der Waals surface area contributed by atoms with Crippen molar-refractivity contribution < 1.29 is 13.2 Å². The van der Waals surface area contributed by atoms with Crippen molar-refractivity contribution in [3.8, 4) is 0 Å². The Morgan fingerprint density at radius 1 is 1.08 bits per heavy atom. The van der Waals surface area contributed by atoms with E-state index in [0.717, 1.165) is 11.3 Å². The van der Waals surface area contributed by atoms with Gasteiger partial charge in [0.15, 0.2) is 0 Å². The Kier molecular flexibility index (Phi) is 5.00. The summed E-state index contributed by atoms with van der Waals surface area (Å²) in [5, 5.41) is 5.43. The Bertz CT molecular complexity index is 1070. The maximum Gasteiger partial charge on any atom is 0.238 e. The number of nitrogens with two attached hydrogens (primary N) is 1. The number of nitrogens with zero attached hydrogens (tertiary/aromatic N) is 1. The predicted octanol–water partition coefficient (Wildman–Crippen LogP) is 3.15. The van der Waals surface area contributed by atoms with Crippen LogP contribution in [0.5, 0.6) is 0 Å². The number of hydrogen-bond donors (Lipinski definition) is 1. The van der Waals surface area contributed by atoms with Crippen LogP contribution in [0, 0.1) is 0 Å². The number of sulfonamides is 1. The first-order valence-corrected chi connectivity index (χ1v) is 9.75. The van der Waals surface area contributed by atoms with E-state index in [1.165, 1.54) is 12.1 Å². The van der Waals surface area contributed by atoms with Gasteiger partial charge in [0, 0.05) is 29.7 Å². The van der Waals surface area contributed by atoms with Gasteiger partial charge in [0.05, 0.1) is 10.6 Å². The van der Waals surface area contributed by atoms with Crippen LogP contribution in [-0.4, -0.2) is 18.8 Å².